The van der Waals surface area contributed by atoms with Gasteiger partial charge in [-0.3, -0.25) is 4.90 Å². The molecule has 0 aliphatic heterocycles. The first kappa shape index (κ1) is 16.5. The van der Waals surface area contributed by atoms with Crippen LogP contribution in [0.15, 0.2) is 24.3 Å². The van der Waals surface area contributed by atoms with Crippen molar-refractivity contribution in [2.45, 2.75) is 26.3 Å². The van der Waals surface area contributed by atoms with Gasteiger partial charge >= 0.3 is 0 Å². The van der Waals surface area contributed by atoms with Crippen LogP contribution in [0.1, 0.15) is 19.4 Å². The first-order valence-electron chi connectivity index (χ1n) is 6.48. The molecule has 0 aliphatic carbocycles. The molecule has 0 radical (unpaired) electrons. The van der Waals surface area contributed by atoms with Crippen LogP contribution >= 0.6 is 11.6 Å². The number of halogens is 1. The summed E-state index contributed by atoms with van der Waals surface area (Å²) < 4.78 is 22.7. The minimum absolute atomic E-state index is 0.0301. The van der Waals surface area contributed by atoms with Gasteiger partial charge in [0.1, 0.15) is 9.84 Å². The number of rotatable bonds is 7. The average molecular weight is 304 g/mol. The van der Waals surface area contributed by atoms with E-state index in [1.54, 1.807) is 0 Å². The summed E-state index contributed by atoms with van der Waals surface area (Å²) in [5.41, 5.74) is 1.11. The monoisotopic (exact) mass is 303 g/mol. The van der Waals surface area contributed by atoms with E-state index in [9.17, 15) is 8.42 Å². The molecule has 0 saturated carbocycles. The molecule has 0 N–H and O–H groups in total. The first-order chi connectivity index (χ1) is 8.83. The van der Waals surface area contributed by atoms with Gasteiger partial charge in [-0.1, -0.05) is 36.7 Å². The van der Waals surface area contributed by atoms with Crippen molar-refractivity contribution in [3.05, 3.63) is 34.9 Å². The number of sulfone groups is 1. The number of likely N-dealkylation sites (N-methyl/N-ethyl adjacent to an activating group) is 1. The van der Waals surface area contributed by atoms with E-state index in [0.29, 0.717) is 0 Å². The van der Waals surface area contributed by atoms with Crippen molar-refractivity contribution in [3.63, 3.8) is 0 Å². The lowest BCUT2D eigenvalue weighted by Crippen LogP contribution is -2.39. The molecule has 0 fully saturated rings. The third-order valence-electron chi connectivity index (χ3n) is 3.20. The Bertz CT molecular complexity index is 502. The molecule has 0 aromatic heterocycles. The van der Waals surface area contributed by atoms with Gasteiger partial charge in [0, 0.05) is 23.9 Å². The Labute approximate surface area is 121 Å². The Morgan fingerprint density at radius 2 is 1.95 bits per heavy atom. The van der Waals surface area contributed by atoms with E-state index in [-0.39, 0.29) is 11.8 Å². The van der Waals surface area contributed by atoms with Crippen LogP contribution in [0.4, 0.5) is 0 Å². The first-order valence-corrected chi connectivity index (χ1v) is 8.92. The number of hydrogen-bond acceptors (Lipinski definition) is 3. The van der Waals surface area contributed by atoms with Crippen molar-refractivity contribution in [2.75, 3.05) is 25.1 Å². The molecule has 0 amide bonds. The quantitative estimate of drug-likeness (QED) is 0.777. The maximum atomic E-state index is 11.3. The molecule has 0 saturated heterocycles. The molecule has 3 nitrogen and oxygen atoms in total. The number of nitrogens with zero attached hydrogens (tertiary/aromatic N) is 1. The lowest BCUT2D eigenvalue weighted by molar-refractivity contribution is 0.238. The van der Waals surface area contributed by atoms with Crippen LogP contribution in [0, 0.1) is 0 Å². The molecule has 1 aromatic rings. The lowest BCUT2D eigenvalue weighted by atomic mass is 10.1. The molecule has 5 heteroatoms. The summed E-state index contributed by atoms with van der Waals surface area (Å²) in [7, 11) is -2.94. The zero-order valence-corrected chi connectivity index (χ0v) is 13.3. The fourth-order valence-electron chi connectivity index (χ4n) is 2.20. The van der Waals surface area contributed by atoms with Gasteiger partial charge in [0.15, 0.2) is 0 Å². The van der Waals surface area contributed by atoms with Crippen LogP contribution in [0.5, 0.6) is 0 Å². The fraction of sp³-hybridized carbons (Fsp3) is 0.571. The van der Waals surface area contributed by atoms with Gasteiger partial charge in [-0.05, 0) is 31.5 Å². The van der Waals surface area contributed by atoms with Crippen LogP contribution < -0.4 is 0 Å². The summed E-state index contributed by atoms with van der Waals surface area (Å²) >= 11 is 6.12. The summed E-state index contributed by atoms with van der Waals surface area (Å²) in [4.78, 5) is 2.17. The second-order valence-electron chi connectivity index (χ2n) is 4.91. The molecular formula is C14H22ClNO2S. The van der Waals surface area contributed by atoms with Crippen molar-refractivity contribution in [3.8, 4) is 0 Å². The molecule has 1 atom stereocenters. The van der Waals surface area contributed by atoms with E-state index in [0.717, 1.165) is 30.1 Å². The Kier molecular flexibility index (Phi) is 6.30. The highest BCUT2D eigenvalue weighted by atomic mass is 35.5. The summed E-state index contributed by atoms with van der Waals surface area (Å²) in [6.45, 7) is 5.65. The highest BCUT2D eigenvalue weighted by molar-refractivity contribution is 7.90. The molecule has 0 spiro atoms. The smallest absolute Gasteiger partial charge is 0.148 e. The van der Waals surface area contributed by atoms with Crippen molar-refractivity contribution >= 4 is 21.4 Å². The summed E-state index contributed by atoms with van der Waals surface area (Å²) in [5, 5.41) is 0.773. The van der Waals surface area contributed by atoms with Crippen molar-refractivity contribution in [1.82, 2.24) is 4.90 Å². The Hall–Kier alpha value is -0.580. The predicted molar refractivity (Wildman–Crippen MR) is 81.6 cm³/mol. The molecular weight excluding hydrogens is 282 g/mol. The molecule has 1 rings (SSSR count). The molecule has 0 bridgehead atoms. The van der Waals surface area contributed by atoms with Crippen molar-refractivity contribution in [1.29, 1.82) is 0 Å². The second-order valence-corrected chi connectivity index (χ2v) is 7.50. The third-order valence-corrected chi connectivity index (χ3v) is 4.66. The van der Waals surface area contributed by atoms with E-state index in [1.807, 2.05) is 38.1 Å². The normalized spacial score (nSPS) is 13.7. The van der Waals surface area contributed by atoms with E-state index in [4.69, 9.17) is 11.6 Å². The highest BCUT2D eigenvalue weighted by Gasteiger charge is 2.17. The van der Waals surface area contributed by atoms with E-state index < -0.39 is 9.84 Å². The minimum atomic E-state index is -2.94. The van der Waals surface area contributed by atoms with Crippen LogP contribution in [-0.4, -0.2) is 44.5 Å². The van der Waals surface area contributed by atoms with Crippen LogP contribution in [0.2, 0.25) is 5.02 Å². The predicted octanol–water partition coefficient (Wildman–Crippen LogP) is 2.64. The molecule has 108 valence electrons. The zero-order chi connectivity index (χ0) is 14.5. The summed E-state index contributed by atoms with van der Waals surface area (Å²) in [5.74, 6) is 0.198. The Morgan fingerprint density at radius 1 is 1.32 bits per heavy atom. The standard InChI is InChI=1S/C14H22ClNO2S/c1-4-16(12(2)11-19(3,17)18)10-9-13-7-5-6-8-14(13)15/h5-8,12H,4,9-11H2,1-3H3. The summed E-state index contributed by atoms with van der Waals surface area (Å²) in [6.07, 6.45) is 2.12. The van der Waals surface area contributed by atoms with Gasteiger partial charge in [0.05, 0.1) is 5.75 Å². The molecule has 1 unspecified atom stereocenters. The maximum Gasteiger partial charge on any atom is 0.148 e. The van der Waals surface area contributed by atoms with Crippen molar-refractivity contribution < 1.29 is 8.42 Å². The SMILES string of the molecule is CCN(CCc1ccccc1Cl)C(C)CS(C)(=O)=O. The van der Waals surface area contributed by atoms with Crippen molar-refractivity contribution in [2.24, 2.45) is 0 Å². The second kappa shape index (κ2) is 7.27. The van der Waals surface area contributed by atoms with Gasteiger partial charge < -0.3 is 0 Å². The van der Waals surface area contributed by atoms with Crippen LogP contribution in [-0.2, 0) is 16.3 Å². The lowest BCUT2D eigenvalue weighted by Gasteiger charge is -2.27. The topological polar surface area (TPSA) is 37.4 Å². The van der Waals surface area contributed by atoms with E-state index in [2.05, 4.69) is 4.90 Å². The van der Waals surface area contributed by atoms with Crippen LogP contribution in [0.25, 0.3) is 0 Å². The average Bonchev–Trinajstić information content (AvgIpc) is 2.29. The molecule has 19 heavy (non-hydrogen) atoms. The number of benzene rings is 1. The summed E-state index contributed by atoms with van der Waals surface area (Å²) in [6, 6.07) is 7.81. The molecule has 0 heterocycles. The Morgan fingerprint density at radius 3 is 2.47 bits per heavy atom. The van der Waals surface area contributed by atoms with Gasteiger partial charge in [0.25, 0.3) is 0 Å². The largest absolute Gasteiger partial charge is 0.300 e. The minimum Gasteiger partial charge on any atom is -0.300 e. The molecule has 0 aliphatic rings. The van der Waals surface area contributed by atoms with Crippen LogP contribution in [0.3, 0.4) is 0 Å². The fourth-order valence-corrected chi connectivity index (χ4v) is 3.52. The van der Waals surface area contributed by atoms with Gasteiger partial charge in [-0.25, -0.2) is 8.42 Å². The van der Waals surface area contributed by atoms with Gasteiger partial charge in [0.2, 0.25) is 0 Å². The van der Waals surface area contributed by atoms with Gasteiger partial charge in [-0.2, -0.15) is 0 Å². The molecule has 1 aromatic carbocycles. The maximum absolute atomic E-state index is 11.3. The third kappa shape index (κ3) is 5.93. The van der Waals surface area contributed by atoms with E-state index >= 15 is 0 Å². The number of hydrogen-bond donors (Lipinski definition) is 0. The zero-order valence-electron chi connectivity index (χ0n) is 11.8. The van der Waals surface area contributed by atoms with E-state index in [1.165, 1.54) is 6.26 Å². The highest BCUT2D eigenvalue weighted by Crippen LogP contribution is 2.16. The Balaban J connectivity index is 2.60. The van der Waals surface area contributed by atoms with Gasteiger partial charge in [-0.15, -0.1) is 0 Å².